The van der Waals surface area contributed by atoms with Gasteiger partial charge in [0.05, 0.1) is 12.7 Å². The average molecular weight is 219 g/mol. The molecule has 3 nitrogen and oxygen atoms in total. The molecule has 0 fully saturated rings. The molecule has 1 aromatic heterocycles. The molecule has 3 heteroatoms. The van der Waals surface area contributed by atoms with E-state index in [0.717, 1.165) is 22.3 Å². The van der Waals surface area contributed by atoms with Crippen molar-refractivity contribution >= 4 is 10.9 Å². The second-order valence-corrected chi connectivity index (χ2v) is 4.74. The summed E-state index contributed by atoms with van der Waals surface area (Å²) in [5, 5.41) is 10.9. The number of aromatic amines is 1. The summed E-state index contributed by atoms with van der Waals surface area (Å²) in [6, 6.07) is 7.95. The van der Waals surface area contributed by atoms with E-state index in [1.165, 1.54) is 0 Å². The predicted octanol–water partition coefficient (Wildman–Crippen LogP) is 2.49. The van der Waals surface area contributed by atoms with Gasteiger partial charge >= 0.3 is 0 Å². The van der Waals surface area contributed by atoms with E-state index in [1.54, 1.807) is 21.0 Å². The first-order chi connectivity index (χ1) is 7.48. The van der Waals surface area contributed by atoms with E-state index in [9.17, 15) is 5.11 Å². The molecule has 0 aliphatic rings. The van der Waals surface area contributed by atoms with Gasteiger partial charge in [0.2, 0.25) is 0 Å². The van der Waals surface area contributed by atoms with Crippen LogP contribution in [-0.4, -0.2) is 22.8 Å². The molecule has 2 N–H and O–H groups in total. The van der Waals surface area contributed by atoms with Crippen molar-refractivity contribution in [3.63, 3.8) is 0 Å². The molecule has 0 aliphatic carbocycles. The third-order valence-corrected chi connectivity index (χ3v) is 2.51. The van der Waals surface area contributed by atoms with Gasteiger partial charge < -0.3 is 14.8 Å². The fraction of sp³-hybridized carbons (Fsp3) is 0.385. The minimum absolute atomic E-state index is 0.615. The van der Waals surface area contributed by atoms with Gasteiger partial charge in [0.1, 0.15) is 5.75 Å². The molecular formula is C13H17NO2. The molecule has 16 heavy (non-hydrogen) atoms. The van der Waals surface area contributed by atoms with Crippen LogP contribution in [0.3, 0.4) is 0 Å². The highest BCUT2D eigenvalue weighted by Gasteiger charge is 2.14. The number of hydrogen-bond donors (Lipinski definition) is 2. The van der Waals surface area contributed by atoms with Crippen molar-refractivity contribution in [3.05, 3.63) is 30.0 Å². The Balaban J connectivity index is 2.36. The summed E-state index contributed by atoms with van der Waals surface area (Å²) in [6.07, 6.45) is 0.615. The molecular weight excluding hydrogens is 202 g/mol. The molecule has 0 amide bonds. The zero-order chi connectivity index (χ0) is 11.8. The summed E-state index contributed by atoms with van der Waals surface area (Å²) >= 11 is 0. The molecule has 2 rings (SSSR count). The van der Waals surface area contributed by atoms with Crippen molar-refractivity contribution in [3.8, 4) is 5.75 Å². The van der Waals surface area contributed by atoms with E-state index in [4.69, 9.17) is 4.74 Å². The highest BCUT2D eigenvalue weighted by molar-refractivity contribution is 5.81. The molecule has 0 atom stereocenters. The fourth-order valence-corrected chi connectivity index (χ4v) is 1.86. The van der Waals surface area contributed by atoms with Crippen molar-refractivity contribution in [1.29, 1.82) is 0 Å². The van der Waals surface area contributed by atoms with Crippen LogP contribution in [0.1, 0.15) is 19.5 Å². The van der Waals surface area contributed by atoms with Crippen LogP contribution in [0.2, 0.25) is 0 Å². The van der Waals surface area contributed by atoms with Crippen molar-refractivity contribution in [2.24, 2.45) is 0 Å². The minimum atomic E-state index is -0.690. The normalized spacial score (nSPS) is 12.0. The molecule has 0 unspecified atom stereocenters. The Morgan fingerprint density at radius 1 is 1.31 bits per heavy atom. The smallest absolute Gasteiger partial charge is 0.119 e. The molecule has 0 saturated heterocycles. The van der Waals surface area contributed by atoms with Gasteiger partial charge in [-0.25, -0.2) is 0 Å². The van der Waals surface area contributed by atoms with Gasteiger partial charge in [-0.3, -0.25) is 0 Å². The lowest BCUT2D eigenvalue weighted by atomic mass is 10.0. The van der Waals surface area contributed by atoms with E-state index in [1.807, 2.05) is 18.2 Å². The van der Waals surface area contributed by atoms with E-state index >= 15 is 0 Å². The maximum Gasteiger partial charge on any atom is 0.119 e. The van der Waals surface area contributed by atoms with E-state index in [-0.39, 0.29) is 0 Å². The first-order valence-electron chi connectivity index (χ1n) is 5.36. The number of benzene rings is 1. The summed E-state index contributed by atoms with van der Waals surface area (Å²) in [4.78, 5) is 3.29. The summed E-state index contributed by atoms with van der Waals surface area (Å²) < 4.78 is 5.17. The first kappa shape index (κ1) is 11.0. The van der Waals surface area contributed by atoms with Crippen LogP contribution in [0.4, 0.5) is 0 Å². The number of ether oxygens (including phenoxy) is 1. The third kappa shape index (κ3) is 2.36. The summed E-state index contributed by atoms with van der Waals surface area (Å²) in [5.41, 5.74) is 1.42. The highest BCUT2D eigenvalue weighted by atomic mass is 16.5. The molecule has 86 valence electrons. The lowest BCUT2D eigenvalue weighted by Crippen LogP contribution is -2.21. The van der Waals surface area contributed by atoms with Crippen LogP contribution < -0.4 is 4.74 Å². The Morgan fingerprint density at radius 2 is 2.06 bits per heavy atom. The molecule has 1 heterocycles. The van der Waals surface area contributed by atoms with Crippen LogP contribution in [0.15, 0.2) is 24.3 Å². The number of fused-ring (bicyclic) bond motifs is 1. The Kier molecular flexibility index (Phi) is 2.64. The van der Waals surface area contributed by atoms with Gasteiger partial charge in [0, 0.05) is 23.0 Å². The number of rotatable bonds is 3. The lowest BCUT2D eigenvalue weighted by Gasteiger charge is -2.15. The quantitative estimate of drug-likeness (QED) is 0.833. The summed E-state index contributed by atoms with van der Waals surface area (Å²) in [5.74, 6) is 0.848. The average Bonchev–Trinajstić information content (AvgIpc) is 2.55. The third-order valence-electron chi connectivity index (χ3n) is 2.51. The van der Waals surface area contributed by atoms with Gasteiger partial charge in [-0.15, -0.1) is 0 Å². The Bertz CT molecular complexity index is 494. The molecule has 0 bridgehead atoms. The molecule has 0 aliphatic heterocycles. The Morgan fingerprint density at radius 3 is 2.69 bits per heavy atom. The predicted molar refractivity (Wildman–Crippen MR) is 64.9 cm³/mol. The van der Waals surface area contributed by atoms with E-state index in [0.29, 0.717) is 6.42 Å². The van der Waals surface area contributed by atoms with Gasteiger partial charge in [0.25, 0.3) is 0 Å². The number of aliphatic hydroxyl groups is 1. The maximum absolute atomic E-state index is 9.75. The standard InChI is InChI=1S/C13H17NO2/c1-13(2,15)8-10-6-9-7-11(16-3)4-5-12(9)14-10/h4-7,14-15H,8H2,1-3H3. The SMILES string of the molecule is COc1ccc2[nH]c(CC(C)(C)O)cc2c1. The summed E-state index contributed by atoms with van der Waals surface area (Å²) in [7, 11) is 1.66. The molecule has 1 aromatic carbocycles. The van der Waals surface area contributed by atoms with Crippen LogP contribution in [-0.2, 0) is 6.42 Å². The van der Waals surface area contributed by atoms with Crippen molar-refractivity contribution in [2.45, 2.75) is 25.9 Å². The monoisotopic (exact) mass is 219 g/mol. The van der Waals surface area contributed by atoms with Gasteiger partial charge in [-0.05, 0) is 38.1 Å². The fourth-order valence-electron chi connectivity index (χ4n) is 1.86. The molecule has 2 aromatic rings. The first-order valence-corrected chi connectivity index (χ1v) is 5.36. The van der Waals surface area contributed by atoms with Crippen LogP contribution in [0, 0.1) is 0 Å². The van der Waals surface area contributed by atoms with Gasteiger partial charge in [-0.1, -0.05) is 0 Å². The molecule has 0 radical (unpaired) electrons. The summed E-state index contributed by atoms with van der Waals surface area (Å²) in [6.45, 7) is 3.61. The van der Waals surface area contributed by atoms with Crippen molar-refractivity contribution in [1.82, 2.24) is 4.98 Å². The van der Waals surface area contributed by atoms with E-state index in [2.05, 4.69) is 11.1 Å². The largest absolute Gasteiger partial charge is 0.497 e. The number of aromatic nitrogens is 1. The highest BCUT2D eigenvalue weighted by Crippen LogP contribution is 2.23. The van der Waals surface area contributed by atoms with Crippen LogP contribution >= 0.6 is 0 Å². The maximum atomic E-state index is 9.75. The van der Waals surface area contributed by atoms with Crippen molar-refractivity contribution in [2.75, 3.05) is 7.11 Å². The zero-order valence-corrected chi connectivity index (χ0v) is 9.87. The minimum Gasteiger partial charge on any atom is -0.497 e. The van der Waals surface area contributed by atoms with Crippen LogP contribution in [0.5, 0.6) is 5.75 Å². The number of methoxy groups -OCH3 is 1. The van der Waals surface area contributed by atoms with Gasteiger partial charge in [0.15, 0.2) is 0 Å². The van der Waals surface area contributed by atoms with E-state index < -0.39 is 5.60 Å². The number of hydrogen-bond acceptors (Lipinski definition) is 2. The van der Waals surface area contributed by atoms with Crippen LogP contribution in [0.25, 0.3) is 10.9 Å². The molecule has 0 saturated carbocycles. The second kappa shape index (κ2) is 3.83. The Hall–Kier alpha value is -1.48. The number of H-pyrrole nitrogens is 1. The second-order valence-electron chi connectivity index (χ2n) is 4.74. The lowest BCUT2D eigenvalue weighted by molar-refractivity contribution is 0.0801. The topological polar surface area (TPSA) is 45.2 Å². The zero-order valence-electron chi connectivity index (χ0n) is 9.87. The van der Waals surface area contributed by atoms with Crippen molar-refractivity contribution < 1.29 is 9.84 Å². The number of nitrogens with one attached hydrogen (secondary N) is 1. The molecule has 0 spiro atoms. The Labute approximate surface area is 95.1 Å². The van der Waals surface area contributed by atoms with Gasteiger partial charge in [-0.2, -0.15) is 0 Å².